The largest absolute Gasteiger partial charge is 0.489 e. The molecule has 0 amide bonds. The van der Waals surface area contributed by atoms with Gasteiger partial charge in [-0.3, -0.25) is 4.79 Å². The van der Waals surface area contributed by atoms with E-state index in [4.69, 9.17) is 11.2 Å². The zero-order valence-corrected chi connectivity index (χ0v) is 19.5. The van der Waals surface area contributed by atoms with E-state index in [1.165, 1.54) is 34.2 Å². The second kappa shape index (κ2) is 8.43. The van der Waals surface area contributed by atoms with Crippen molar-refractivity contribution in [3.05, 3.63) is 64.2 Å². The molecule has 0 radical (unpaired) electrons. The number of terminal acetylenes is 1. The van der Waals surface area contributed by atoms with Crippen LogP contribution in [0.2, 0.25) is 0 Å². The van der Waals surface area contributed by atoms with Crippen molar-refractivity contribution >= 4 is 5.78 Å². The molecule has 0 unspecified atom stereocenters. The summed E-state index contributed by atoms with van der Waals surface area (Å²) in [7, 11) is 0. The molecule has 0 heterocycles. The van der Waals surface area contributed by atoms with Gasteiger partial charge in [0.15, 0.2) is 0 Å². The van der Waals surface area contributed by atoms with Crippen LogP contribution in [0.1, 0.15) is 79.7 Å². The highest BCUT2D eigenvalue weighted by molar-refractivity contribution is 5.87. The van der Waals surface area contributed by atoms with E-state index in [0.717, 1.165) is 44.3 Å². The lowest BCUT2D eigenvalue weighted by Gasteiger charge is -2.49. The van der Waals surface area contributed by atoms with Crippen LogP contribution in [-0.2, 0) is 30.7 Å². The molecule has 3 aliphatic carbocycles. The van der Waals surface area contributed by atoms with Gasteiger partial charge in [0.05, 0.1) is 0 Å². The highest BCUT2D eigenvalue weighted by atomic mass is 16.5. The standard InChI is InChI=1S/C30H34O2/c1-4-9-24-22(5-2)27(32-19-20-10-7-6-8-11-20)18-21-12-13-23-25(29(21)24)16-17-30(3)26(23)14-15-28(30)31/h1,6-8,10-11,18,23,25-26H,5,9,12-17,19H2,2-3H3/t23-,25+,26+,30+/m1/s1. The SMILES string of the molecule is C#CCc1c(CC)c(OCc2ccccc2)cc2c1[C@H]1CC[C@]3(C)C(=O)CC[C@H]3[C@@H]1CC2. The summed E-state index contributed by atoms with van der Waals surface area (Å²) in [5.74, 6) is 6.17. The number of ketones is 1. The number of hydrogen-bond donors (Lipinski definition) is 0. The first-order chi connectivity index (χ1) is 15.6. The molecule has 32 heavy (non-hydrogen) atoms. The van der Waals surface area contributed by atoms with Crippen molar-refractivity contribution in [1.29, 1.82) is 0 Å². The average Bonchev–Trinajstić information content (AvgIpc) is 3.12. The first-order valence-electron chi connectivity index (χ1n) is 12.4. The third kappa shape index (κ3) is 3.38. The highest BCUT2D eigenvalue weighted by Crippen LogP contribution is 2.60. The van der Waals surface area contributed by atoms with Gasteiger partial charge in [-0.25, -0.2) is 0 Å². The second-order valence-electron chi connectivity index (χ2n) is 10.2. The van der Waals surface area contributed by atoms with E-state index in [9.17, 15) is 4.79 Å². The molecular formula is C30H34O2. The quantitative estimate of drug-likeness (QED) is 0.515. The van der Waals surface area contributed by atoms with Gasteiger partial charge in [-0.15, -0.1) is 12.3 Å². The third-order valence-corrected chi connectivity index (χ3v) is 8.77. The van der Waals surface area contributed by atoms with Gasteiger partial charge in [-0.05, 0) is 90.2 Å². The Morgan fingerprint density at radius 2 is 1.94 bits per heavy atom. The fraction of sp³-hybridized carbons (Fsp3) is 0.500. The molecule has 0 aliphatic heterocycles. The Bertz CT molecular complexity index is 1060. The molecule has 0 spiro atoms. The number of carbonyl (C=O) groups is 1. The van der Waals surface area contributed by atoms with E-state index in [1.54, 1.807) is 0 Å². The Kier molecular flexibility index (Phi) is 5.62. The summed E-state index contributed by atoms with van der Waals surface area (Å²) in [6, 6.07) is 12.7. The molecule has 2 nitrogen and oxygen atoms in total. The lowest BCUT2D eigenvalue weighted by molar-refractivity contribution is -0.129. The number of rotatable bonds is 5. The van der Waals surface area contributed by atoms with Gasteiger partial charge in [0, 0.05) is 18.3 Å². The molecule has 3 aliphatic rings. The van der Waals surface area contributed by atoms with Gasteiger partial charge >= 0.3 is 0 Å². The minimum absolute atomic E-state index is 0.0860. The van der Waals surface area contributed by atoms with Gasteiger partial charge in [0.1, 0.15) is 18.1 Å². The molecule has 4 atom stereocenters. The summed E-state index contributed by atoms with van der Waals surface area (Å²) >= 11 is 0. The highest BCUT2D eigenvalue weighted by Gasteiger charge is 2.54. The summed E-state index contributed by atoms with van der Waals surface area (Å²) in [5.41, 5.74) is 6.68. The van der Waals surface area contributed by atoms with Crippen molar-refractivity contribution in [3.8, 4) is 18.1 Å². The maximum absolute atomic E-state index is 12.7. The van der Waals surface area contributed by atoms with Crippen LogP contribution in [-0.4, -0.2) is 5.78 Å². The number of fused-ring (bicyclic) bond motifs is 5. The molecule has 0 N–H and O–H groups in total. The molecular weight excluding hydrogens is 392 g/mol. The summed E-state index contributed by atoms with van der Waals surface area (Å²) in [5, 5.41) is 0. The molecule has 0 aromatic heterocycles. The molecule has 2 aromatic rings. The van der Waals surface area contributed by atoms with Gasteiger partial charge in [0.2, 0.25) is 0 Å². The topological polar surface area (TPSA) is 26.3 Å². The molecule has 0 bridgehead atoms. The van der Waals surface area contributed by atoms with Crippen LogP contribution in [0.4, 0.5) is 0 Å². The van der Waals surface area contributed by atoms with Crippen molar-refractivity contribution in [2.75, 3.05) is 0 Å². The van der Waals surface area contributed by atoms with Gasteiger partial charge in [-0.1, -0.05) is 44.2 Å². The number of hydrogen-bond acceptors (Lipinski definition) is 2. The average molecular weight is 427 g/mol. The van der Waals surface area contributed by atoms with Crippen molar-refractivity contribution in [1.82, 2.24) is 0 Å². The molecule has 2 heteroatoms. The minimum Gasteiger partial charge on any atom is -0.489 e. The molecule has 2 saturated carbocycles. The van der Waals surface area contributed by atoms with Crippen LogP contribution >= 0.6 is 0 Å². The number of aryl methyl sites for hydroxylation is 1. The van der Waals surface area contributed by atoms with Crippen LogP contribution in [0.15, 0.2) is 36.4 Å². The van der Waals surface area contributed by atoms with Gasteiger partial charge < -0.3 is 4.74 Å². The smallest absolute Gasteiger partial charge is 0.139 e. The fourth-order valence-corrected chi connectivity index (χ4v) is 7.19. The summed E-state index contributed by atoms with van der Waals surface area (Å²) in [6.07, 6.45) is 13.7. The normalized spacial score (nSPS) is 28.4. The predicted octanol–water partition coefficient (Wildman–Crippen LogP) is 6.43. The van der Waals surface area contributed by atoms with Gasteiger partial charge in [0.25, 0.3) is 0 Å². The number of Topliss-reactive ketones (excluding diaryl/α,β-unsaturated/α-hetero) is 1. The van der Waals surface area contributed by atoms with Crippen LogP contribution in [0.3, 0.4) is 0 Å². The summed E-state index contributed by atoms with van der Waals surface area (Å²) < 4.78 is 6.39. The summed E-state index contributed by atoms with van der Waals surface area (Å²) in [4.78, 5) is 12.7. The van der Waals surface area contributed by atoms with Crippen LogP contribution in [0.5, 0.6) is 5.75 Å². The van der Waals surface area contributed by atoms with E-state index >= 15 is 0 Å². The van der Waals surface area contributed by atoms with Crippen LogP contribution in [0, 0.1) is 29.6 Å². The molecule has 2 aromatic carbocycles. The van der Waals surface area contributed by atoms with Crippen molar-refractivity contribution in [2.45, 2.75) is 77.7 Å². The maximum atomic E-state index is 12.7. The lowest BCUT2D eigenvalue weighted by atomic mass is 9.55. The Morgan fingerprint density at radius 1 is 1.12 bits per heavy atom. The van der Waals surface area contributed by atoms with Crippen LogP contribution < -0.4 is 4.74 Å². The lowest BCUT2D eigenvalue weighted by Crippen LogP contribution is -2.42. The van der Waals surface area contributed by atoms with Crippen molar-refractivity contribution < 1.29 is 9.53 Å². The molecule has 5 rings (SSSR count). The zero-order chi connectivity index (χ0) is 22.3. The first-order valence-corrected chi connectivity index (χ1v) is 12.4. The van der Waals surface area contributed by atoms with E-state index in [2.05, 4.69) is 50.1 Å². The van der Waals surface area contributed by atoms with E-state index in [-0.39, 0.29) is 5.41 Å². The Hall–Kier alpha value is -2.53. The number of ether oxygens (including phenoxy) is 1. The second-order valence-corrected chi connectivity index (χ2v) is 10.2. The van der Waals surface area contributed by atoms with Gasteiger partial charge in [-0.2, -0.15) is 0 Å². The Morgan fingerprint density at radius 3 is 2.69 bits per heavy atom. The monoisotopic (exact) mass is 426 g/mol. The van der Waals surface area contributed by atoms with E-state index in [1.807, 2.05) is 6.07 Å². The molecule has 2 fully saturated rings. The van der Waals surface area contributed by atoms with E-state index in [0.29, 0.717) is 36.6 Å². The van der Waals surface area contributed by atoms with Crippen molar-refractivity contribution in [3.63, 3.8) is 0 Å². The third-order valence-electron chi connectivity index (χ3n) is 8.77. The zero-order valence-electron chi connectivity index (χ0n) is 19.5. The maximum Gasteiger partial charge on any atom is 0.139 e. The summed E-state index contributed by atoms with van der Waals surface area (Å²) in [6.45, 7) is 5.04. The number of carbonyl (C=O) groups excluding carboxylic acids is 1. The fourth-order valence-electron chi connectivity index (χ4n) is 7.19. The minimum atomic E-state index is -0.0860. The Labute approximate surface area is 192 Å². The van der Waals surface area contributed by atoms with Crippen LogP contribution in [0.25, 0.3) is 0 Å². The molecule has 0 saturated heterocycles. The first kappa shape index (κ1) is 21.3. The van der Waals surface area contributed by atoms with Crippen molar-refractivity contribution in [2.24, 2.45) is 17.3 Å². The molecule has 166 valence electrons. The number of benzene rings is 2. The van der Waals surface area contributed by atoms with E-state index < -0.39 is 0 Å². The Balaban J connectivity index is 1.53. The predicted molar refractivity (Wildman–Crippen MR) is 129 cm³/mol.